The van der Waals surface area contributed by atoms with Crippen LogP contribution >= 0.6 is 0 Å². The zero-order chi connectivity index (χ0) is 12.5. The zero-order valence-electron chi connectivity index (χ0n) is 10.3. The van der Waals surface area contributed by atoms with Crippen LogP contribution in [0.4, 0.5) is 0 Å². The number of fused-ring (bicyclic) bond motifs is 3. The van der Waals surface area contributed by atoms with E-state index in [0.29, 0.717) is 36.4 Å². The second-order valence-electron chi connectivity index (χ2n) is 5.41. The van der Waals surface area contributed by atoms with E-state index in [-0.39, 0.29) is 5.92 Å². The van der Waals surface area contributed by atoms with E-state index in [1.807, 2.05) is 6.08 Å². The molecule has 1 saturated heterocycles. The van der Waals surface area contributed by atoms with Gasteiger partial charge in [-0.25, -0.2) is 4.79 Å². The van der Waals surface area contributed by atoms with Gasteiger partial charge < -0.3 is 9.84 Å². The normalized spacial score (nSPS) is 38.3. The molecule has 4 atom stereocenters. The molecule has 0 radical (unpaired) electrons. The first-order valence-corrected chi connectivity index (χ1v) is 6.62. The highest BCUT2D eigenvalue weighted by molar-refractivity contribution is 5.86. The molecule has 0 aromatic rings. The van der Waals surface area contributed by atoms with Gasteiger partial charge in [0, 0.05) is 17.4 Å². The van der Waals surface area contributed by atoms with Crippen molar-refractivity contribution < 1.29 is 14.6 Å². The molecule has 0 amide bonds. The minimum atomic E-state index is -0.770. The summed E-state index contributed by atoms with van der Waals surface area (Å²) in [7, 11) is 0. The monoisotopic (exact) mass is 246 g/mol. The molecular weight excluding hydrogens is 228 g/mol. The van der Waals surface area contributed by atoms with Crippen LogP contribution in [0.25, 0.3) is 0 Å². The van der Waals surface area contributed by atoms with E-state index >= 15 is 0 Å². The molecule has 1 aliphatic heterocycles. The molecule has 1 N–H and O–H groups in total. The van der Waals surface area contributed by atoms with Gasteiger partial charge in [-0.3, -0.25) is 0 Å². The predicted molar refractivity (Wildman–Crippen MR) is 68.0 cm³/mol. The van der Waals surface area contributed by atoms with Crippen LogP contribution in [-0.4, -0.2) is 24.3 Å². The van der Waals surface area contributed by atoms with Crippen LogP contribution in [0, 0.1) is 23.7 Å². The molecule has 0 bridgehead atoms. The van der Waals surface area contributed by atoms with E-state index in [1.165, 1.54) is 0 Å². The molecule has 1 fully saturated rings. The Morgan fingerprint density at radius 2 is 2.00 bits per heavy atom. The van der Waals surface area contributed by atoms with E-state index in [0.717, 1.165) is 13.0 Å². The average Bonchev–Trinajstić information content (AvgIpc) is 2.57. The van der Waals surface area contributed by atoms with E-state index in [1.54, 1.807) is 0 Å². The van der Waals surface area contributed by atoms with E-state index in [9.17, 15) is 4.79 Å². The summed E-state index contributed by atoms with van der Waals surface area (Å²) < 4.78 is 5.74. The molecule has 96 valence electrons. The Morgan fingerprint density at radius 3 is 2.83 bits per heavy atom. The van der Waals surface area contributed by atoms with Crippen molar-refractivity contribution in [1.29, 1.82) is 0 Å². The van der Waals surface area contributed by atoms with Gasteiger partial charge in [0.25, 0.3) is 0 Å². The number of carbonyl (C=O) groups is 1. The number of allylic oxidation sites excluding steroid dienone is 3. The maximum atomic E-state index is 11.1. The lowest BCUT2D eigenvalue weighted by molar-refractivity contribution is -0.133. The Bertz CT molecular complexity index is 433. The van der Waals surface area contributed by atoms with Gasteiger partial charge in [0.1, 0.15) is 0 Å². The summed E-state index contributed by atoms with van der Waals surface area (Å²) in [5, 5.41) is 9.10. The van der Waals surface area contributed by atoms with Crippen LogP contribution in [0.2, 0.25) is 0 Å². The first-order valence-electron chi connectivity index (χ1n) is 6.62. The van der Waals surface area contributed by atoms with Crippen molar-refractivity contribution in [1.82, 2.24) is 0 Å². The van der Waals surface area contributed by atoms with Crippen LogP contribution in [0.5, 0.6) is 0 Å². The van der Waals surface area contributed by atoms with Crippen LogP contribution in [0.1, 0.15) is 12.8 Å². The van der Waals surface area contributed by atoms with Crippen LogP contribution < -0.4 is 0 Å². The highest BCUT2D eigenvalue weighted by Gasteiger charge is 2.37. The molecule has 0 aromatic carbocycles. The topological polar surface area (TPSA) is 46.5 Å². The summed E-state index contributed by atoms with van der Waals surface area (Å²) in [4.78, 5) is 11.1. The molecule has 3 nitrogen and oxygen atoms in total. The van der Waals surface area contributed by atoms with Crippen molar-refractivity contribution in [2.75, 3.05) is 13.2 Å². The van der Waals surface area contributed by atoms with Crippen LogP contribution in [-0.2, 0) is 9.53 Å². The Hall–Kier alpha value is -1.35. The van der Waals surface area contributed by atoms with Gasteiger partial charge in [-0.2, -0.15) is 0 Å². The summed E-state index contributed by atoms with van der Waals surface area (Å²) in [6.45, 7) is 1.42. The van der Waals surface area contributed by atoms with Gasteiger partial charge in [-0.05, 0) is 24.7 Å². The van der Waals surface area contributed by atoms with Crippen LogP contribution in [0.3, 0.4) is 0 Å². The molecule has 0 spiro atoms. The fourth-order valence-corrected chi connectivity index (χ4v) is 3.47. The number of rotatable bonds is 1. The second kappa shape index (κ2) is 4.73. The van der Waals surface area contributed by atoms with Crippen molar-refractivity contribution in [3.8, 4) is 0 Å². The second-order valence-corrected chi connectivity index (χ2v) is 5.41. The standard InChI is InChI=1S/C15H18O3/c16-15(17)10-5-6-14-12(7-10)9-18-8-11-3-1-2-4-13(11)14/h1-4,7,11-14H,5-6,8-9H2,(H,16,17). The number of hydrogen-bond acceptors (Lipinski definition) is 2. The molecule has 3 heteroatoms. The lowest BCUT2D eigenvalue weighted by Gasteiger charge is -2.34. The summed E-state index contributed by atoms with van der Waals surface area (Å²) in [6, 6.07) is 0. The van der Waals surface area contributed by atoms with Gasteiger partial charge in [-0.15, -0.1) is 0 Å². The maximum absolute atomic E-state index is 11.1. The molecule has 3 aliphatic rings. The molecule has 2 aliphatic carbocycles. The summed E-state index contributed by atoms with van der Waals surface area (Å²) in [5.41, 5.74) is 0.564. The minimum Gasteiger partial charge on any atom is -0.478 e. The Balaban J connectivity index is 1.87. The number of carboxylic acids is 1. The first kappa shape index (κ1) is 11.7. The van der Waals surface area contributed by atoms with Gasteiger partial charge >= 0.3 is 5.97 Å². The molecule has 1 heterocycles. The highest BCUT2D eigenvalue weighted by atomic mass is 16.5. The molecule has 3 rings (SSSR count). The molecule has 4 unspecified atom stereocenters. The number of ether oxygens (including phenoxy) is 1. The van der Waals surface area contributed by atoms with Crippen molar-refractivity contribution in [3.63, 3.8) is 0 Å². The van der Waals surface area contributed by atoms with Crippen LogP contribution in [0.15, 0.2) is 36.0 Å². The fraction of sp³-hybridized carbons (Fsp3) is 0.533. The third kappa shape index (κ3) is 2.03. The van der Waals surface area contributed by atoms with Gasteiger partial charge in [0.2, 0.25) is 0 Å². The lowest BCUT2D eigenvalue weighted by Crippen LogP contribution is -2.30. The van der Waals surface area contributed by atoms with Gasteiger partial charge in [0.05, 0.1) is 13.2 Å². The Labute approximate surface area is 107 Å². The summed E-state index contributed by atoms with van der Waals surface area (Å²) in [6.07, 6.45) is 12.3. The van der Waals surface area contributed by atoms with Crippen molar-refractivity contribution in [3.05, 3.63) is 36.0 Å². The Morgan fingerprint density at radius 1 is 1.22 bits per heavy atom. The predicted octanol–water partition coefficient (Wildman–Crippen LogP) is 2.41. The van der Waals surface area contributed by atoms with Crippen molar-refractivity contribution >= 4 is 5.97 Å². The molecule has 0 aromatic heterocycles. The quantitative estimate of drug-likeness (QED) is 0.773. The Kier molecular flexibility index (Phi) is 3.08. The minimum absolute atomic E-state index is 0.260. The largest absolute Gasteiger partial charge is 0.478 e. The fourth-order valence-electron chi connectivity index (χ4n) is 3.47. The van der Waals surface area contributed by atoms with Crippen molar-refractivity contribution in [2.24, 2.45) is 23.7 Å². The maximum Gasteiger partial charge on any atom is 0.331 e. The average molecular weight is 246 g/mol. The van der Waals surface area contributed by atoms with Crippen molar-refractivity contribution in [2.45, 2.75) is 12.8 Å². The van der Waals surface area contributed by atoms with E-state index in [4.69, 9.17) is 9.84 Å². The smallest absolute Gasteiger partial charge is 0.331 e. The lowest BCUT2D eigenvalue weighted by atomic mass is 9.69. The summed E-state index contributed by atoms with van der Waals surface area (Å²) in [5.74, 6) is 0.991. The number of hydrogen-bond donors (Lipinski definition) is 1. The first-order chi connectivity index (χ1) is 8.75. The molecule has 18 heavy (non-hydrogen) atoms. The third-order valence-corrected chi connectivity index (χ3v) is 4.40. The number of aliphatic carboxylic acids is 1. The molecular formula is C15H18O3. The van der Waals surface area contributed by atoms with E-state index in [2.05, 4.69) is 24.3 Å². The van der Waals surface area contributed by atoms with Gasteiger partial charge in [-0.1, -0.05) is 30.4 Å². The molecule has 0 saturated carbocycles. The van der Waals surface area contributed by atoms with Gasteiger partial charge in [0.15, 0.2) is 0 Å². The van der Waals surface area contributed by atoms with E-state index < -0.39 is 5.97 Å². The zero-order valence-corrected chi connectivity index (χ0v) is 10.3. The summed E-state index contributed by atoms with van der Waals surface area (Å²) >= 11 is 0. The number of carboxylic acid groups (broad SMARTS) is 1. The SMILES string of the molecule is O=C(O)C1=CC2COCC3C=CC=CC3C2CC1. The highest BCUT2D eigenvalue weighted by Crippen LogP contribution is 2.41. The third-order valence-electron chi connectivity index (χ3n) is 4.40.